The zero-order valence-electron chi connectivity index (χ0n) is 23.4. The van der Waals surface area contributed by atoms with Gasteiger partial charge in [-0.2, -0.15) is 0 Å². The van der Waals surface area contributed by atoms with Crippen LogP contribution in [0.15, 0.2) is 60.8 Å². The Morgan fingerprint density at radius 3 is 2.59 bits per heavy atom. The maximum atomic E-state index is 13.9. The van der Waals surface area contributed by atoms with Crippen LogP contribution in [0.25, 0.3) is 10.8 Å². The van der Waals surface area contributed by atoms with E-state index < -0.39 is 18.2 Å². The Bertz CT molecular complexity index is 1360. The highest BCUT2D eigenvalue weighted by Crippen LogP contribution is 2.29. The van der Waals surface area contributed by atoms with Crippen molar-refractivity contribution in [2.45, 2.75) is 76.6 Å². The maximum Gasteiger partial charge on any atom is 0.408 e. The molecule has 1 aliphatic heterocycles. The molecule has 2 aromatic carbocycles. The lowest BCUT2D eigenvalue weighted by Gasteiger charge is -2.31. The van der Waals surface area contributed by atoms with Crippen molar-refractivity contribution in [1.82, 2.24) is 20.5 Å². The number of nitrogen functional groups attached to an aromatic ring is 1. The van der Waals surface area contributed by atoms with Gasteiger partial charge < -0.3 is 26.0 Å². The molecule has 0 radical (unpaired) electrons. The molecule has 0 bridgehead atoms. The van der Waals surface area contributed by atoms with Gasteiger partial charge in [-0.15, -0.1) is 0 Å². The number of pyridine rings is 1. The molecule has 1 saturated carbocycles. The van der Waals surface area contributed by atoms with Crippen LogP contribution in [0.1, 0.15) is 62.5 Å². The largest absolute Gasteiger partial charge is 0.445 e. The number of carbonyl (C=O) groups is 3. The van der Waals surface area contributed by atoms with E-state index in [1.54, 1.807) is 11.1 Å². The highest BCUT2D eigenvalue weighted by Gasteiger charge is 2.38. The Balaban J connectivity index is 1.22. The monoisotopic (exact) mass is 557 g/mol. The first kappa shape index (κ1) is 28.4. The van der Waals surface area contributed by atoms with E-state index in [2.05, 4.69) is 15.6 Å². The van der Waals surface area contributed by atoms with Crippen LogP contribution in [0.5, 0.6) is 0 Å². The second-order valence-electron chi connectivity index (χ2n) is 11.2. The van der Waals surface area contributed by atoms with E-state index in [-0.39, 0.29) is 18.4 Å². The predicted octanol–water partition coefficient (Wildman–Crippen LogP) is 4.69. The molecular weight excluding hydrogens is 518 g/mol. The Hall–Kier alpha value is -4.14. The summed E-state index contributed by atoms with van der Waals surface area (Å²) in [7, 11) is 0. The second kappa shape index (κ2) is 13.5. The van der Waals surface area contributed by atoms with E-state index in [1.807, 2.05) is 54.6 Å². The second-order valence-corrected chi connectivity index (χ2v) is 11.2. The Labute approximate surface area is 240 Å². The number of fused-ring (bicyclic) bond motifs is 1. The third-order valence-electron chi connectivity index (χ3n) is 8.26. The van der Waals surface area contributed by atoms with E-state index in [4.69, 9.17) is 10.5 Å². The number of alkyl carbamates (subject to hydrolysis) is 1. The zero-order chi connectivity index (χ0) is 28.6. The molecule has 9 heteroatoms. The van der Waals surface area contributed by atoms with Gasteiger partial charge in [0.05, 0.1) is 0 Å². The summed E-state index contributed by atoms with van der Waals surface area (Å²) in [6.07, 6.45) is 8.49. The third kappa shape index (κ3) is 7.34. The van der Waals surface area contributed by atoms with Gasteiger partial charge in [-0.05, 0) is 53.8 Å². The van der Waals surface area contributed by atoms with Crippen LogP contribution in [0.2, 0.25) is 0 Å². The van der Waals surface area contributed by atoms with Crippen LogP contribution in [-0.2, 0) is 27.5 Å². The van der Waals surface area contributed by atoms with Crippen LogP contribution in [0.4, 0.5) is 10.6 Å². The Morgan fingerprint density at radius 2 is 1.78 bits per heavy atom. The van der Waals surface area contributed by atoms with Crippen molar-refractivity contribution >= 4 is 34.5 Å². The number of benzene rings is 2. The van der Waals surface area contributed by atoms with E-state index in [1.165, 1.54) is 6.42 Å². The number of nitrogens with one attached hydrogen (secondary N) is 2. The molecule has 5 rings (SSSR count). The van der Waals surface area contributed by atoms with Crippen molar-refractivity contribution in [2.24, 2.45) is 5.92 Å². The van der Waals surface area contributed by atoms with Crippen molar-refractivity contribution in [1.29, 1.82) is 0 Å². The van der Waals surface area contributed by atoms with Gasteiger partial charge in [0.15, 0.2) is 0 Å². The molecule has 2 aliphatic rings. The van der Waals surface area contributed by atoms with Crippen molar-refractivity contribution in [2.75, 3.05) is 12.3 Å². The van der Waals surface area contributed by atoms with E-state index in [0.717, 1.165) is 54.0 Å². The molecule has 41 heavy (non-hydrogen) atoms. The molecular formula is C32H39N5O4. The molecule has 2 fully saturated rings. The number of nitrogens with zero attached hydrogens (tertiary/aromatic N) is 2. The minimum absolute atomic E-state index is 0.129. The highest BCUT2D eigenvalue weighted by atomic mass is 16.5. The minimum Gasteiger partial charge on any atom is -0.445 e. The van der Waals surface area contributed by atoms with Gasteiger partial charge >= 0.3 is 6.09 Å². The quantitative estimate of drug-likeness (QED) is 0.350. The van der Waals surface area contributed by atoms with Gasteiger partial charge in [-0.3, -0.25) is 9.59 Å². The fourth-order valence-electron chi connectivity index (χ4n) is 6.06. The summed E-state index contributed by atoms with van der Waals surface area (Å²) in [6, 6.07) is 15.8. The van der Waals surface area contributed by atoms with E-state index >= 15 is 0 Å². The number of hydrogen-bond donors (Lipinski definition) is 3. The number of carbonyl (C=O) groups excluding carboxylic acids is 3. The summed E-state index contributed by atoms with van der Waals surface area (Å²) >= 11 is 0. The molecule has 1 saturated heterocycles. The molecule has 3 aromatic rings. The zero-order valence-corrected chi connectivity index (χ0v) is 23.4. The number of anilines is 1. The van der Waals surface area contributed by atoms with Crippen LogP contribution < -0.4 is 16.4 Å². The SMILES string of the molecule is Nc1nccc2cc(CNC(=O)C3CCCN3C(=O)C(CC3CCCCC3)NC(=O)OCc3ccccc3)ccc12. The molecule has 2 atom stereocenters. The maximum absolute atomic E-state index is 13.9. The molecule has 3 amide bonds. The fraction of sp³-hybridized carbons (Fsp3) is 0.438. The van der Waals surface area contributed by atoms with Crippen LogP contribution >= 0.6 is 0 Å². The first-order valence-corrected chi connectivity index (χ1v) is 14.7. The molecule has 9 nitrogen and oxygen atoms in total. The number of rotatable bonds is 9. The normalized spacial score (nSPS) is 18.1. The van der Waals surface area contributed by atoms with Crippen LogP contribution in [0.3, 0.4) is 0 Å². The Morgan fingerprint density at radius 1 is 0.976 bits per heavy atom. The minimum atomic E-state index is -0.727. The number of aromatic nitrogens is 1. The van der Waals surface area contributed by atoms with E-state index in [0.29, 0.717) is 37.7 Å². The number of ether oxygens (including phenoxy) is 1. The van der Waals surface area contributed by atoms with Gasteiger partial charge in [0.1, 0.15) is 24.5 Å². The summed E-state index contributed by atoms with van der Waals surface area (Å²) in [6.45, 7) is 0.954. The number of hydrogen-bond acceptors (Lipinski definition) is 6. The fourth-order valence-corrected chi connectivity index (χ4v) is 6.06. The van der Waals surface area contributed by atoms with Crippen LogP contribution in [0, 0.1) is 5.92 Å². The summed E-state index contributed by atoms with van der Waals surface area (Å²) in [5, 5.41) is 7.69. The molecule has 4 N–H and O–H groups in total. The molecule has 216 valence electrons. The molecule has 2 unspecified atom stereocenters. The molecule has 1 aliphatic carbocycles. The number of likely N-dealkylation sites (tertiary alicyclic amines) is 1. The molecule has 2 heterocycles. The lowest BCUT2D eigenvalue weighted by Crippen LogP contribution is -2.54. The van der Waals surface area contributed by atoms with Crippen molar-refractivity contribution < 1.29 is 19.1 Å². The average molecular weight is 558 g/mol. The summed E-state index contributed by atoms with van der Waals surface area (Å²) in [5.41, 5.74) is 7.77. The first-order chi connectivity index (χ1) is 20.0. The first-order valence-electron chi connectivity index (χ1n) is 14.7. The van der Waals surface area contributed by atoms with Crippen molar-refractivity contribution in [3.05, 3.63) is 71.9 Å². The number of amides is 3. The van der Waals surface area contributed by atoms with Gasteiger partial charge in [0, 0.05) is 24.7 Å². The van der Waals surface area contributed by atoms with Crippen molar-refractivity contribution in [3.8, 4) is 0 Å². The van der Waals surface area contributed by atoms with Crippen LogP contribution in [-0.4, -0.2) is 46.4 Å². The van der Waals surface area contributed by atoms with Gasteiger partial charge in [-0.25, -0.2) is 9.78 Å². The lowest BCUT2D eigenvalue weighted by atomic mass is 9.84. The molecule has 1 aromatic heterocycles. The number of nitrogens with two attached hydrogens (primary N) is 1. The van der Waals surface area contributed by atoms with Crippen molar-refractivity contribution in [3.63, 3.8) is 0 Å². The summed E-state index contributed by atoms with van der Waals surface area (Å²) in [4.78, 5) is 45.7. The summed E-state index contributed by atoms with van der Waals surface area (Å²) in [5.74, 6) is 0.435. The lowest BCUT2D eigenvalue weighted by molar-refractivity contribution is -0.140. The summed E-state index contributed by atoms with van der Waals surface area (Å²) < 4.78 is 5.45. The molecule has 0 spiro atoms. The highest BCUT2D eigenvalue weighted by molar-refractivity contribution is 5.93. The van der Waals surface area contributed by atoms with Gasteiger partial charge in [0.25, 0.3) is 0 Å². The average Bonchev–Trinajstić information content (AvgIpc) is 3.49. The third-order valence-corrected chi connectivity index (χ3v) is 8.26. The Kier molecular flexibility index (Phi) is 9.33. The predicted molar refractivity (Wildman–Crippen MR) is 157 cm³/mol. The van der Waals surface area contributed by atoms with E-state index in [9.17, 15) is 14.4 Å². The van der Waals surface area contributed by atoms with Gasteiger partial charge in [-0.1, -0.05) is 74.6 Å². The standard InChI is InChI=1S/C32H39N5O4/c33-29-26-14-13-24(18-25(26)15-16-34-29)20-35-30(38)28-12-7-17-37(28)31(39)27(19-22-8-3-1-4-9-22)36-32(40)41-21-23-10-5-2-6-11-23/h2,5-6,10-11,13-16,18,22,27-28H,1,3-4,7-9,12,17,19-21H2,(H2,33,34)(H,35,38)(H,36,40). The smallest absolute Gasteiger partial charge is 0.408 e. The topological polar surface area (TPSA) is 127 Å². The van der Waals surface area contributed by atoms with Gasteiger partial charge in [0.2, 0.25) is 11.8 Å².